The summed E-state index contributed by atoms with van der Waals surface area (Å²) in [6, 6.07) is 3.73. The van der Waals surface area contributed by atoms with Gasteiger partial charge in [-0.3, -0.25) is 0 Å². The Morgan fingerprint density at radius 2 is 2.03 bits per heavy atom. The molecule has 0 aliphatic carbocycles. The zero-order valence-electron chi connectivity index (χ0n) is 16.0. The van der Waals surface area contributed by atoms with Gasteiger partial charge in [-0.15, -0.1) is 0 Å². The lowest BCUT2D eigenvalue weighted by atomic mass is 10.1. The van der Waals surface area contributed by atoms with Crippen LogP contribution >= 0.6 is 12.0 Å². The summed E-state index contributed by atoms with van der Waals surface area (Å²) < 4.78 is 63.4. The van der Waals surface area contributed by atoms with Gasteiger partial charge in [-0.2, -0.15) is 13.2 Å². The molecular weight excluding hydrogens is 426 g/mol. The van der Waals surface area contributed by atoms with Crippen molar-refractivity contribution in [2.24, 2.45) is 5.73 Å². The van der Waals surface area contributed by atoms with Crippen LogP contribution in [0.4, 0.5) is 29.2 Å². The van der Waals surface area contributed by atoms with Crippen LogP contribution in [-0.2, 0) is 6.18 Å². The van der Waals surface area contributed by atoms with Crippen LogP contribution in [0, 0.1) is 5.82 Å². The van der Waals surface area contributed by atoms with Gasteiger partial charge in [0.15, 0.2) is 12.8 Å². The zero-order valence-corrected chi connectivity index (χ0v) is 16.8. The number of aromatic nitrogens is 2. The van der Waals surface area contributed by atoms with Crippen molar-refractivity contribution in [3.05, 3.63) is 47.7 Å². The highest BCUT2D eigenvalue weighted by atomic mass is 32.2. The van der Waals surface area contributed by atoms with E-state index in [-0.39, 0.29) is 28.6 Å². The number of hydrogen-bond acceptors (Lipinski definition) is 7. The third-order valence-corrected chi connectivity index (χ3v) is 4.10. The Labute approximate surface area is 174 Å². The maximum absolute atomic E-state index is 14.1. The number of hydrogen-bond donors (Lipinski definition) is 5. The summed E-state index contributed by atoms with van der Waals surface area (Å²) in [4.78, 5) is 10.4. The minimum atomic E-state index is -4.77. The van der Waals surface area contributed by atoms with E-state index < -0.39 is 28.9 Å². The SMILES string of the molecule is CC(C)(O)C[NH+]=C/C(=C\N)c1nc(Nc2ccc(SO)cc2F)ncc1C(F)(F)F. The van der Waals surface area contributed by atoms with Gasteiger partial charge in [0.05, 0.1) is 17.0 Å². The zero-order chi connectivity index (χ0) is 22.5. The molecule has 7 nitrogen and oxygen atoms in total. The predicted octanol–water partition coefficient (Wildman–Crippen LogP) is 2.17. The van der Waals surface area contributed by atoms with Gasteiger partial charge < -0.3 is 20.7 Å². The molecule has 0 bridgehead atoms. The summed E-state index contributed by atoms with van der Waals surface area (Å²) in [5, 5.41) is 12.2. The molecule has 30 heavy (non-hydrogen) atoms. The molecule has 6 N–H and O–H groups in total. The lowest BCUT2D eigenvalue weighted by Gasteiger charge is -2.14. The normalized spacial score (nSPS) is 13.1. The molecular formula is C18H20F4N5O2S+. The molecule has 162 valence electrons. The molecule has 0 atom stereocenters. The maximum atomic E-state index is 14.1. The number of alkyl halides is 3. The van der Waals surface area contributed by atoms with Crippen LogP contribution in [0.5, 0.6) is 0 Å². The third-order valence-electron chi connectivity index (χ3n) is 3.63. The standard InChI is InChI=1S/C18H19F4N5O2S/c1-17(2,28)9-24-7-10(6-23)15-12(18(20,21)22)8-25-16(27-15)26-14-4-3-11(30-29)5-13(14)19/h3-8,28-29H,9,23H2,1-2H3,(H,25,26,27)/p+1/b10-6+,24-7?. The van der Waals surface area contributed by atoms with Crippen molar-refractivity contribution in [3.8, 4) is 0 Å². The Morgan fingerprint density at radius 3 is 2.57 bits per heavy atom. The van der Waals surface area contributed by atoms with Crippen LogP contribution in [-0.4, -0.2) is 38.0 Å². The molecule has 0 saturated heterocycles. The first-order chi connectivity index (χ1) is 13.9. The summed E-state index contributed by atoms with van der Waals surface area (Å²) in [6.45, 7) is 3.08. The fourth-order valence-corrected chi connectivity index (χ4v) is 2.54. The predicted molar refractivity (Wildman–Crippen MR) is 106 cm³/mol. The van der Waals surface area contributed by atoms with Gasteiger partial charge in [0.25, 0.3) is 0 Å². The van der Waals surface area contributed by atoms with Crippen LogP contribution < -0.4 is 16.0 Å². The number of nitrogens with two attached hydrogens (primary N) is 1. The summed E-state index contributed by atoms with van der Waals surface area (Å²) in [5.41, 5.74) is 2.51. The van der Waals surface area contributed by atoms with E-state index in [0.29, 0.717) is 18.2 Å². The molecule has 2 rings (SSSR count). The number of aliphatic hydroxyl groups is 1. The van der Waals surface area contributed by atoms with E-state index in [4.69, 9.17) is 10.3 Å². The van der Waals surface area contributed by atoms with Gasteiger partial charge >= 0.3 is 6.18 Å². The van der Waals surface area contributed by atoms with Crippen LogP contribution in [0.25, 0.3) is 5.57 Å². The third kappa shape index (κ3) is 6.40. The Morgan fingerprint density at radius 1 is 1.33 bits per heavy atom. The van der Waals surface area contributed by atoms with Crippen molar-refractivity contribution < 1.29 is 32.2 Å². The lowest BCUT2D eigenvalue weighted by molar-refractivity contribution is -0.472. The van der Waals surface area contributed by atoms with Crippen molar-refractivity contribution in [2.75, 3.05) is 11.9 Å². The molecule has 1 aromatic carbocycles. The number of anilines is 2. The lowest BCUT2D eigenvalue weighted by Crippen LogP contribution is -2.74. The highest BCUT2D eigenvalue weighted by molar-refractivity contribution is 7.93. The number of allylic oxidation sites excluding steroid dienone is 1. The summed E-state index contributed by atoms with van der Waals surface area (Å²) in [6.07, 6.45) is -2.09. The van der Waals surface area contributed by atoms with Crippen LogP contribution in [0.2, 0.25) is 0 Å². The minimum absolute atomic E-state index is 0.0440. The van der Waals surface area contributed by atoms with E-state index in [1.807, 2.05) is 0 Å². The smallest absolute Gasteiger partial charge is 0.404 e. The number of benzene rings is 1. The summed E-state index contributed by atoms with van der Waals surface area (Å²) in [5.74, 6) is -1.05. The highest BCUT2D eigenvalue weighted by Crippen LogP contribution is 2.34. The van der Waals surface area contributed by atoms with Crippen LogP contribution in [0.1, 0.15) is 25.1 Å². The van der Waals surface area contributed by atoms with Crippen LogP contribution in [0.3, 0.4) is 0 Å². The molecule has 0 unspecified atom stereocenters. The molecule has 0 amide bonds. The van der Waals surface area contributed by atoms with Crippen LogP contribution in [0.15, 0.2) is 35.5 Å². The summed E-state index contributed by atoms with van der Waals surface area (Å²) in [7, 11) is 0. The highest BCUT2D eigenvalue weighted by Gasteiger charge is 2.36. The number of nitrogens with one attached hydrogen (secondary N) is 2. The average molecular weight is 446 g/mol. The molecule has 0 aliphatic rings. The fourth-order valence-electron chi connectivity index (χ4n) is 2.25. The van der Waals surface area contributed by atoms with E-state index in [0.717, 1.165) is 12.3 Å². The molecule has 1 aromatic heterocycles. The van der Waals surface area contributed by atoms with Gasteiger partial charge in [0, 0.05) is 29.3 Å². The molecule has 0 saturated carbocycles. The van der Waals surface area contributed by atoms with Gasteiger partial charge in [-0.05, 0) is 32.0 Å². The van der Waals surface area contributed by atoms with Gasteiger partial charge in [0.1, 0.15) is 17.0 Å². The fraction of sp³-hybridized carbons (Fsp3) is 0.278. The Kier molecular flexibility index (Phi) is 7.39. The van der Waals surface area contributed by atoms with Crippen molar-refractivity contribution in [3.63, 3.8) is 0 Å². The molecule has 2 aromatic rings. The second kappa shape index (κ2) is 9.41. The van der Waals surface area contributed by atoms with Crippen molar-refractivity contribution in [2.45, 2.75) is 30.5 Å². The summed E-state index contributed by atoms with van der Waals surface area (Å²) >= 11 is 0.347. The molecule has 0 radical (unpaired) electrons. The van der Waals surface area contributed by atoms with Crippen molar-refractivity contribution >= 4 is 35.5 Å². The molecule has 0 aliphatic heterocycles. The Balaban J connectivity index is 2.44. The largest absolute Gasteiger partial charge is 0.420 e. The first kappa shape index (κ1) is 23.6. The Hall–Kier alpha value is -2.70. The van der Waals surface area contributed by atoms with E-state index >= 15 is 0 Å². The van der Waals surface area contributed by atoms with Gasteiger partial charge in [0.2, 0.25) is 5.95 Å². The number of rotatable bonds is 7. The van der Waals surface area contributed by atoms with Crippen molar-refractivity contribution in [1.82, 2.24) is 9.97 Å². The average Bonchev–Trinajstić information content (AvgIpc) is 2.65. The van der Waals surface area contributed by atoms with Gasteiger partial charge in [-0.25, -0.2) is 19.4 Å². The Bertz CT molecular complexity index is 959. The number of nitrogens with zero attached hydrogens (tertiary/aromatic N) is 2. The monoisotopic (exact) mass is 446 g/mol. The minimum Gasteiger partial charge on any atom is -0.404 e. The maximum Gasteiger partial charge on any atom is 0.420 e. The van der Waals surface area contributed by atoms with E-state index in [2.05, 4.69) is 20.3 Å². The topological polar surface area (TPSA) is 118 Å². The first-order valence-electron chi connectivity index (χ1n) is 8.48. The second-order valence-corrected chi connectivity index (χ2v) is 7.43. The van der Waals surface area contributed by atoms with Crippen molar-refractivity contribution in [1.29, 1.82) is 0 Å². The van der Waals surface area contributed by atoms with E-state index in [1.165, 1.54) is 32.2 Å². The molecule has 1 heterocycles. The molecule has 0 spiro atoms. The first-order valence-corrected chi connectivity index (χ1v) is 9.25. The van der Waals surface area contributed by atoms with Gasteiger partial charge in [-0.1, -0.05) is 0 Å². The number of halogens is 4. The molecule has 12 heteroatoms. The van der Waals surface area contributed by atoms with E-state index in [9.17, 15) is 22.7 Å². The quantitative estimate of drug-likeness (QED) is 0.251. The second-order valence-electron chi connectivity index (χ2n) is 6.77. The van der Waals surface area contributed by atoms with E-state index in [1.54, 1.807) is 0 Å². The molecule has 0 fully saturated rings.